The molecule has 0 bridgehead atoms. The Labute approximate surface area is 170 Å². The van der Waals surface area contributed by atoms with Crippen molar-refractivity contribution >= 4 is 11.8 Å². The summed E-state index contributed by atoms with van der Waals surface area (Å²) in [4.78, 5) is 22.8. The molecule has 2 aromatic carbocycles. The van der Waals surface area contributed by atoms with Crippen LogP contribution in [0.1, 0.15) is 25.0 Å². The van der Waals surface area contributed by atoms with Gasteiger partial charge in [0, 0.05) is 16.7 Å². The van der Waals surface area contributed by atoms with E-state index in [2.05, 4.69) is 25.0 Å². The molecular formula is C24H22O5. The molecule has 0 saturated heterocycles. The fourth-order valence-corrected chi connectivity index (χ4v) is 1.96. The van der Waals surface area contributed by atoms with Crippen molar-refractivity contribution in [2.24, 2.45) is 0 Å². The second-order valence-corrected chi connectivity index (χ2v) is 6.27. The largest absolute Gasteiger partial charge is 0.485 e. The number of ether oxygens (including phenoxy) is 3. The SMILES string of the molecule is C=C(C)C(=O)COc1ccc(C#Cc2ccc(OCOC(=O)C(=C)C)cc2)cc1. The Morgan fingerprint density at radius 2 is 1.28 bits per heavy atom. The van der Waals surface area contributed by atoms with E-state index in [1.807, 2.05) is 24.3 Å². The highest BCUT2D eigenvalue weighted by Crippen LogP contribution is 2.14. The predicted molar refractivity (Wildman–Crippen MR) is 111 cm³/mol. The van der Waals surface area contributed by atoms with Gasteiger partial charge in [-0.3, -0.25) is 4.79 Å². The summed E-state index contributed by atoms with van der Waals surface area (Å²) in [6.07, 6.45) is 0. The van der Waals surface area contributed by atoms with Gasteiger partial charge in [0.25, 0.3) is 0 Å². The molecule has 0 unspecified atom stereocenters. The number of benzene rings is 2. The summed E-state index contributed by atoms with van der Waals surface area (Å²) >= 11 is 0. The third-order valence-electron chi connectivity index (χ3n) is 3.67. The molecule has 0 aliphatic carbocycles. The normalized spacial score (nSPS) is 9.59. The number of ketones is 1. The minimum absolute atomic E-state index is 0.0266. The van der Waals surface area contributed by atoms with Crippen molar-refractivity contribution in [1.82, 2.24) is 0 Å². The van der Waals surface area contributed by atoms with Gasteiger partial charge < -0.3 is 14.2 Å². The van der Waals surface area contributed by atoms with Crippen LogP contribution in [0.4, 0.5) is 0 Å². The number of carbonyl (C=O) groups excluding carboxylic acids is 2. The van der Waals surface area contributed by atoms with E-state index in [1.165, 1.54) is 0 Å². The molecule has 0 N–H and O–H groups in total. The molecule has 0 aromatic heterocycles. The summed E-state index contributed by atoms with van der Waals surface area (Å²) in [5.74, 6) is 6.65. The van der Waals surface area contributed by atoms with E-state index in [1.54, 1.807) is 38.1 Å². The van der Waals surface area contributed by atoms with Crippen LogP contribution in [-0.4, -0.2) is 25.2 Å². The van der Waals surface area contributed by atoms with Crippen LogP contribution in [0.5, 0.6) is 11.5 Å². The highest BCUT2D eigenvalue weighted by Gasteiger charge is 2.04. The monoisotopic (exact) mass is 390 g/mol. The molecule has 5 nitrogen and oxygen atoms in total. The Hall–Kier alpha value is -3.78. The average Bonchev–Trinajstić information content (AvgIpc) is 2.71. The maximum Gasteiger partial charge on any atom is 0.335 e. The maximum absolute atomic E-state index is 11.5. The lowest BCUT2D eigenvalue weighted by Crippen LogP contribution is -2.11. The Morgan fingerprint density at radius 3 is 1.72 bits per heavy atom. The molecule has 0 heterocycles. The van der Waals surface area contributed by atoms with E-state index in [4.69, 9.17) is 14.2 Å². The predicted octanol–water partition coefficient (Wildman–Crippen LogP) is 4.07. The van der Waals surface area contributed by atoms with Gasteiger partial charge in [-0.15, -0.1) is 0 Å². The number of rotatable bonds is 8. The smallest absolute Gasteiger partial charge is 0.335 e. The summed E-state index contributed by atoms with van der Waals surface area (Å²) < 4.78 is 15.6. The molecule has 0 fully saturated rings. The van der Waals surface area contributed by atoms with E-state index in [-0.39, 0.29) is 19.2 Å². The van der Waals surface area contributed by atoms with Crippen molar-refractivity contribution in [2.45, 2.75) is 13.8 Å². The number of esters is 1. The summed E-state index contributed by atoms with van der Waals surface area (Å²) in [7, 11) is 0. The summed E-state index contributed by atoms with van der Waals surface area (Å²) in [6, 6.07) is 14.3. The van der Waals surface area contributed by atoms with Crippen molar-refractivity contribution in [3.8, 4) is 23.3 Å². The van der Waals surface area contributed by atoms with Crippen LogP contribution in [0, 0.1) is 11.8 Å². The van der Waals surface area contributed by atoms with E-state index in [9.17, 15) is 9.59 Å². The molecule has 0 saturated carbocycles. The van der Waals surface area contributed by atoms with Crippen LogP contribution in [0.2, 0.25) is 0 Å². The minimum atomic E-state index is -0.494. The van der Waals surface area contributed by atoms with Crippen molar-refractivity contribution < 1.29 is 23.8 Å². The first-order valence-corrected chi connectivity index (χ1v) is 8.84. The van der Waals surface area contributed by atoms with E-state index in [0.717, 1.165) is 11.1 Å². The quantitative estimate of drug-likeness (QED) is 0.294. The second kappa shape index (κ2) is 10.5. The third-order valence-corrected chi connectivity index (χ3v) is 3.67. The summed E-state index contributed by atoms with van der Waals surface area (Å²) in [5, 5.41) is 0. The van der Waals surface area contributed by atoms with Crippen LogP contribution in [0.3, 0.4) is 0 Å². The first kappa shape index (κ1) is 21.5. The molecule has 2 rings (SSSR count). The van der Waals surface area contributed by atoms with E-state index < -0.39 is 5.97 Å². The zero-order chi connectivity index (χ0) is 21.2. The zero-order valence-corrected chi connectivity index (χ0v) is 16.5. The average molecular weight is 390 g/mol. The molecule has 0 spiro atoms. The molecule has 0 aliphatic heterocycles. The number of Topliss-reactive ketones (excluding diaryl/α,β-unsaturated/α-hetero) is 1. The molecule has 0 amide bonds. The Balaban J connectivity index is 1.87. The third kappa shape index (κ3) is 7.39. The first-order valence-electron chi connectivity index (χ1n) is 8.84. The van der Waals surface area contributed by atoms with Gasteiger partial charge in [-0.1, -0.05) is 25.0 Å². The molecule has 0 atom stereocenters. The lowest BCUT2D eigenvalue weighted by molar-refractivity contribution is -0.145. The van der Waals surface area contributed by atoms with Crippen LogP contribution in [-0.2, 0) is 14.3 Å². The lowest BCUT2D eigenvalue weighted by atomic mass is 10.1. The van der Waals surface area contributed by atoms with Crippen molar-refractivity contribution in [2.75, 3.05) is 13.4 Å². The van der Waals surface area contributed by atoms with Gasteiger partial charge >= 0.3 is 5.97 Å². The molecule has 0 radical (unpaired) electrons. The Bertz CT molecular complexity index is 957. The van der Waals surface area contributed by atoms with Crippen LogP contribution in [0.15, 0.2) is 72.8 Å². The van der Waals surface area contributed by atoms with Gasteiger partial charge in [-0.05, 0) is 68.0 Å². The second-order valence-electron chi connectivity index (χ2n) is 6.27. The van der Waals surface area contributed by atoms with E-state index >= 15 is 0 Å². The highest BCUT2D eigenvalue weighted by molar-refractivity contribution is 5.95. The standard InChI is InChI=1S/C24H22O5/c1-17(2)23(25)15-27-21-11-7-19(8-12-21)5-6-20-9-13-22(14-10-20)28-16-29-24(26)18(3)4/h7-14H,1,3,15-16H2,2,4H3. The van der Waals surface area contributed by atoms with Crippen LogP contribution < -0.4 is 9.47 Å². The van der Waals surface area contributed by atoms with Gasteiger partial charge in [-0.25, -0.2) is 4.79 Å². The van der Waals surface area contributed by atoms with Gasteiger partial charge in [-0.2, -0.15) is 0 Å². The van der Waals surface area contributed by atoms with Gasteiger partial charge in [0.1, 0.15) is 11.5 Å². The van der Waals surface area contributed by atoms with Crippen molar-refractivity contribution in [3.05, 3.63) is 84.0 Å². The van der Waals surface area contributed by atoms with Crippen molar-refractivity contribution in [1.29, 1.82) is 0 Å². The Morgan fingerprint density at radius 1 is 0.793 bits per heavy atom. The summed E-state index contributed by atoms with van der Waals surface area (Å²) in [5.41, 5.74) is 2.41. The van der Waals surface area contributed by atoms with Crippen LogP contribution in [0.25, 0.3) is 0 Å². The fraction of sp³-hybridized carbons (Fsp3) is 0.167. The fourth-order valence-electron chi connectivity index (χ4n) is 1.96. The first-order chi connectivity index (χ1) is 13.8. The van der Waals surface area contributed by atoms with Gasteiger partial charge in [0.2, 0.25) is 6.79 Å². The topological polar surface area (TPSA) is 61.8 Å². The van der Waals surface area contributed by atoms with Gasteiger partial charge in [0.05, 0.1) is 0 Å². The van der Waals surface area contributed by atoms with E-state index in [0.29, 0.717) is 22.6 Å². The molecule has 2 aromatic rings. The molecule has 29 heavy (non-hydrogen) atoms. The Kier molecular flexibility index (Phi) is 7.81. The highest BCUT2D eigenvalue weighted by atomic mass is 16.7. The number of carbonyl (C=O) groups is 2. The number of hydrogen-bond acceptors (Lipinski definition) is 5. The van der Waals surface area contributed by atoms with Gasteiger partial charge in [0.15, 0.2) is 12.4 Å². The minimum Gasteiger partial charge on any atom is -0.485 e. The zero-order valence-electron chi connectivity index (χ0n) is 16.5. The number of hydrogen-bond donors (Lipinski definition) is 0. The molecule has 148 valence electrons. The maximum atomic E-state index is 11.5. The summed E-state index contributed by atoms with van der Waals surface area (Å²) in [6.45, 7) is 10.1. The van der Waals surface area contributed by atoms with Crippen LogP contribution >= 0.6 is 0 Å². The molecule has 0 aliphatic rings. The lowest BCUT2D eigenvalue weighted by Gasteiger charge is -2.07. The molecular weight excluding hydrogens is 368 g/mol. The molecule has 5 heteroatoms. The van der Waals surface area contributed by atoms with Crippen molar-refractivity contribution in [3.63, 3.8) is 0 Å².